The molecule has 0 amide bonds. The number of nitrogens with one attached hydrogen (secondary N) is 1. The van der Waals surface area contributed by atoms with Crippen molar-refractivity contribution in [3.8, 4) is 0 Å². The first-order chi connectivity index (χ1) is 8.80. The van der Waals surface area contributed by atoms with E-state index in [1.807, 2.05) is 0 Å². The van der Waals surface area contributed by atoms with Crippen LogP contribution in [0.4, 0.5) is 22.0 Å². The van der Waals surface area contributed by atoms with E-state index in [0.29, 0.717) is 19.2 Å². The van der Waals surface area contributed by atoms with Crippen molar-refractivity contribution in [1.82, 2.24) is 5.32 Å². The summed E-state index contributed by atoms with van der Waals surface area (Å²) >= 11 is 0. The summed E-state index contributed by atoms with van der Waals surface area (Å²) in [6.45, 7) is 0.998. The number of rotatable bonds is 2. The molecule has 0 spiro atoms. The fourth-order valence-corrected chi connectivity index (χ4v) is 2.26. The van der Waals surface area contributed by atoms with Gasteiger partial charge in [0.15, 0.2) is 0 Å². The molecule has 1 fully saturated rings. The normalized spacial score (nSPS) is 19.4. The van der Waals surface area contributed by atoms with Crippen LogP contribution in [0, 0.1) is 5.82 Å². The molecule has 1 heterocycles. The van der Waals surface area contributed by atoms with Gasteiger partial charge in [-0.3, -0.25) is 0 Å². The van der Waals surface area contributed by atoms with Crippen molar-refractivity contribution in [1.29, 1.82) is 0 Å². The highest BCUT2D eigenvalue weighted by Crippen LogP contribution is 2.33. The Labute approximate surface area is 107 Å². The van der Waals surface area contributed by atoms with E-state index in [9.17, 15) is 22.0 Å². The molecule has 0 atom stereocenters. The number of hydrogen-bond acceptors (Lipinski definition) is 1. The fourth-order valence-electron chi connectivity index (χ4n) is 2.26. The lowest BCUT2D eigenvalue weighted by atomic mass is 9.87. The summed E-state index contributed by atoms with van der Waals surface area (Å²) in [6, 6.07) is 2.25. The summed E-state index contributed by atoms with van der Waals surface area (Å²) in [6.07, 6.45) is -4.28. The predicted octanol–water partition coefficient (Wildman–Crippen LogP) is 3.48. The molecule has 1 saturated heterocycles. The molecule has 19 heavy (non-hydrogen) atoms. The summed E-state index contributed by atoms with van der Waals surface area (Å²) < 4.78 is 65.1. The van der Waals surface area contributed by atoms with Crippen LogP contribution < -0.4 is 5.32 Å². The van der Waals surface area contributed by atoms with Gasteiger partial charge in [-0.2, -0.15) is 13.2 Å². The van der Waals surface area contributed by atoms with E-state index in [4.69, 9.17) is 0 Å². The molecule has 1 aromatic rings. The van der Waals surface area contributed by atoms with Crippen LogP contribution in [0.25, 0.3) is 0 Å². The maximum Gasteiger partial charge on any atom is 0.416 e. The SMILES string of the molecule is Fc1cc(C(F)(F)F)ccc1CC1(F)CCNCC1. The molecule has 6 heteroatoms. The average molecular weight is 279 g/mol. The summed E-state index contributed by atoms with van der Waals surface area (Å²) in [5.41, 5.74) is -2.59. The Morgan fingerprint density at radius 3 is 2.32 bits per heavy atom. The van der Waals surface area contributed by atoms with E-state index in [1.165, 1.54) is 0 Å². The van der Waals surface area contributed by atoms with Crippen molar-refractivity contribution in [2.75, 3.05) is 13.1 Å². The topological polar surface area (TPSA) is 12.0 Å². The van der Waals surface area contributed by atoms with Crippen molar-refractivity contribution < 1.29 is 22.0 Å². The van der Waals surface area contributed by atoms with Crippen LogP contribution in [0.15, 0.2) is 18.2 Å². The minimum atomic E-state index is -4.58. The Bertz CT molecular complexity index is 449. The van der Waals surface area contributed by atoms with Crippen LogP contribution in [0.1, 0.15) is 24.0 Å². The maximum absolute atomic E-state index is 14.3. The van der Waals surface area contributed by atoms with Gasteiger partial charge < -0.3 is 5.32 Å². The van der Waals surface area contributed by atoms with Crippen molar-refractivity contribution in [3.05, 3.63) is 35.1 Å². The van der Waals surface area contributed by atoms with E-state index in [0.717, 1.165) is 12.1 Å². The second kappa shape index (κ2) is 5.07. The molecule has 2 rings (SSSR count). The van der Waals surface area contributed by atoms with E-state index in [1.54, 1.807) is 0 Å². The van der Waals surface area contributed by atoms with Gasteiger partial charge in [0.05, 0.1) is 5.56 Å². The second-order valence-electron chi connectivity index (χ2n) is 4.88. The Kier molecular flexibility index (Phi) is 3.80. The number of hydrogen-bond donors (Lipinski definition) is 1. The third kappa shape index (κ3) is 3.43. The first kappa shape index (κ1) is 14.2. The lowest BCUT2D eigenvalue weighted by molar-refractivity contribution is -0.137. The molecule has 1 aliphatic rings. The van der Waals surface area contributed by atoms with Gasteiger partial charge in [-0.25, -0.2) is 8.78 Å². The third-order valence-electron chi connectivity index (χ3n) is 3.39. The number of halogens is 5. The lowest BCUT2D eigenvalue weighted by Gasteiger charge is -2.30. The van der Waals surface area contributed by atoms with Crippen LogP contribution >= 0.6 is 0 Å². The van der Waals surface area contributed by atoms with Crippen LogP contribution in [0.3, 0.4) is 0 Å². The number of benzene rings is 1. The first-order valence-corrected chi connectivity index (χ1v) is 6.05. The van der Waals surface area contributed by atoms with E-state index < -0.39 is 23.2 Å². The lowest BCUT2D eigenvalue weighted by Crippen LogP contribution is -2.40. The van der Waals surface area contributed by atoms with Gasteiger partial charge in [0.2, 0.25) is 0 Å². The van der Waals surface area contributed by atoms with Crippen LogP contribution in [0.2, 0.25) is 0 Å². The van der Waals surface area contributed by atoms with E-state index in [2.05, 4.69) is 5.32 Å². The van der Waals surface area contributed by atoms with Crippen LogP contribution in [-0.4, -0.2) is 18.8 Å². The average Bonchev–Trinajstić information content (AvgIpc) is 2.31. The van der Waals surface area contributed by atoms with Gasteiger partial charge in [0, 0.05) is 6.42 Å². The molecule has 0 radical (unpaired) electrons. The molecular formula is C13H14F5N. The van der Waals surface area contributed by atoms with Crippen LogP contribution in [0.5, 0.6) is 0 Å². The molecule has 1 aliphatic heterocycles. The monoisotopic (exact) mass is 279 g/mol. The highest BCUT2D eigenvalue weighted by molar-refractivity contribution is 5.27. The molecule has 0 saturated carbocycles. The Balaban J connectivity index is 2.17. The molecule has 0 aromatic heterocycles. The third-order valence-corrected chi connectivity index (χ3v) is 3.39. The number of alkyl halides is 4. The smallest absolute Gasteiger partial charge is 0.316 e. The van der Waals surface area contributed by atoms with E-state index >= 15 is 0 Å². The summed E-state index contributed by atoms with van der Waals surface area (Å²) in [7, 11) is 0. The molecule has 1 nitrogen and oxygen atoms in total. The maximum atomic E-state index is 14.3. The zero-order valence-corrected chi connectivity index (χ0v) is 10.2. The van der Waals surface area contributed by atoms with Gasteiger partial charge in [-0.15, -0.1) is 0 Å². The Morgan fingerprint density at radius 2 is 1.79 bits per heavy atom. The largest absolute Gasteiger partial charge is 0.416 e. The molecule has 0 unspecified atom stereocenters. The fraction of sp³-hybridized carbons (Fsp3) is 0.538. The molecule has 1 aromatic carbocycles. The van der Waals surface area contributed by atoms with Crippen molar-refractivity contribution in [3.63, 3.8) is 0 Å². The zero-order valence-electron chi connectivity index (χ0n) is 10.2. The highest BCUT2D eigenvalue weighted by atomic mass is 19.4. The zero-order chi connectivity index (χ0) is 14.1. The molecule has 0 aliphatic carbocycles. The standard InChI is InChI=1S/C13H14F5N/c14-11-7-10(13(16,17)18)2-1-9(11)8-12(15)3-5-19-6-4-12/h1-2,7,19H,3-6,8H2. The summed E-state index contributed by atoms with van der Waals surface area (Å²) in [4.78, 5) is 0. The Morgan fingerprint density at radius 1 is 1.16 bits per heavy atom. The molecule has 0 bridgehead atoms. The molecule has 1 N–H and O–H groups in total. The summed E-state index contributed by atoms with van der Waals surface area (Å²) in [5.74, 6) is -0.995. The summed E-state index contributed by atoms with van der Waals surface area (Å²) in [5, 5.41) is 2.99. The second-order valence-corrected chi connectivity index (χ2v) is 4.88. The predicted molar refractivity (Wildman–Crippen MR) is 61.0 cm³/mol. The van der Waals surface area contributed by atoms with Crippen molar-refractivity contribution >= 4 is 0 Å². The minimum Gasteiger partial charge on any atom is -0.316 e. The van der Waals surface area contributed by atoms with Gasteiger partial charge in [-0.05, 0) is 43.6 Å². The number of piperidine rings is 1. The van der Waals surface area contributed by atoms with Gasteiger partial charge in [0.25, 0.3) is 0 Å². The van der Waals surface area contributed by atoms with Crippen molar-refractivity contribution in [2.45, 2.75) is 31.1 Å². The highest BCUT2D eigenvalue weighted by Gasteiger charge is 2.34. The van der Waals surface area contributed by atoms with Gasteiger partial charge in [0.1, 0.15) is 11.5 Å². The van der Waals surface area contributed by atoms with Crippen molar-refractivity contribution in [2.24, 2.45) is 0 Å². The quantitative estimate of drug-likeness (QED) is 0.817. The molecule has 106 valence electrons. The van der Waals surface area contributed by atoms with Gasteiger partial charge >= 0.3 is 6.18 Å². The van der Waals surface area contributed by atoms with Gasteiger partial charge in [-0.1, -0.05) is 6.07 Å². The van der Waals surface area contributed by atoms with Crippen LogP contribution in [-0.2, 0) is 12.6 Å². The minimum absolute atomic E-state index is 0.00241. The van der Waals surface area contributed by atoms with E-state index in [-0.39, 0.29) is 24.8 Å². The first-order valence-electron chi connectivity index (χ1n) is 6.05. The molecular weight excluding hydrogens is 265 g/mol. The Hall–Kier alpha value is -1.17.